The van der Waals surface area contributed by atoms with Gasteiger partial charge in [-0.05, 0) is 49.7 Å². The van der Waals surface area contributed by atoms with Crippen molar-refractivity contribution in [3.8, 4) is 5.69 Å². The van der Waals surface area contributed by atoms with Gasteiger partial charge in [0.05, 0.1) is 16.7 Å². The summed E-state index contributed by atoms with van der Waals surface area (Å²) < 4.78 is 9.06. The van der Waals surface area contributed by atoms with Crippen molar-refractivity contribution in [2.45, 2.75) is 19.9 Å². The van der Waals surface area contributed by atoms with Gasteiger partial charge in [-0.2, -0.15) is 5.10 Å². The van der Waals surface area contributed by atoms with Gasteiger partial charge in [-0.25, -0.2) is 9.67 Å². The summed E-state index contributed by atoms with van der Waals surface area (Å²) in [6, 6.07) is 16.8. The molecular formula is C22H22ClN5O2. The lowest BCUT2D eigenvalue weighted by Gasteiger charge is -2.09. The van der Waals surface area contributed by atoms with Gasteiger partial charge in [0.2, 0.25) is 5.95 Å². The minimum atomic E-state index is -0.322. The molecule has 7 nitrogen and oxygen atoms in total. The fourth-order valence-corrected chi connectivity index (χ4v) is 3.42. The summed E-state index contributed by atoms with van der Waals surface area (Å²) in [7, 11) is 0. The molecule has 30 heavy (non-hydrogen) atoms. The molecule has 8 heteroatoms. The normalized spacial score (nSPS) is 11.1. The molecule has 2 aromatic carbocycles. The molecule has 0 aliphatic carbocycles. The van der Waals surface area contributed by atoms with E-state index in [1.54, 1.807) is 29.1 Å². The molecule has 0 saturated heterocycles. The molecule has 0 radical (unpaired) electrons. The van der Waals surface area contributed by atoms with Gasteiger partial charge in [-0.15, -0.1) is 0 Å². The van der Waals surface area contributed by atoms with Gasteiger partial charge >= 0.3 is 0 Å². The molecule has 1 N–H and O–H groups in total. The monoisotopic (exact) mass is 423 g/mol. The van der Waals surface area contributed by atoms with E-state index in [1.165, 1.54) is 0 Å². The Labute approximate surface area is 179 Å². The lowest BCUT2D eigenvalue weighted by molar-refractivity contribution is 0.102. The Morgan fingerprint density at radius 3 is 2.87 bits per heavy atom. The van der Waals surface area contributed by atoms with E-state index in [2.05, 4.69) is 15.4 Å². The lowest BCUT2D eigenvalue weighted by atomic mass is 10.3. The van der Waals surface area contributed by atoms with Crippen LogP contribution in [0.5, 0.6) is 0 Å². The van der Waals surface area contributed by atoms with Crippen molar-refractivity contribution in [3.05, 3.63) is 71.5 Å². The quantitative estimate of drug-likeness (QED) is 0.422. The van der Waals surface area contributed by atoms with E-state index in [1.807, 2.05) is 47.9 Å². The summed E-state index contributed by atoms with van der Waals surface area (Å²) in [6.07, 6.45) is 2.55. The van der Waals surface area contributed by atoms with Gasteiger partial charge in [0.25, 0.3) is 5.91 Å². The fourth-order valence-electron chi connectivity index (χ4n) is 3.24. The molecule has 0 aliphatic heterocycles. The molecule has 2 aromatic heterocycles. The second-order valence-electron chi connectivity index (χ2n) is 6.71. The number of aryl methyl sites for hydroxylation is 1. The van der Waals surface area contributed by atoms with Gasteiger partial charge < -0.3 is 9.30 Å². The number of rotatable bonds is 8. The van der Waals surface area contributed by atoms with E-state index in [9.17, 15) is 4.79 Å². The van der Waals surface area contributed by atoms with Crippen LogP contribution in [-0.2, 0) is 11.3 Å². The molecule has 0 atom stereocenters. The Hall–Kier alpha value is -3.16. The summed E-state index contributed by atoms with van der Waals surface area (Å²) in [5.74, 6) is 0.173. The first kappa shape index (κ1) is 20.1. The summed E-state index contributed by atoms with van der Waals surface area (Å²) >= 11 is 6.05. The van der Waals surface area contributed by atoms with Crippen LogP contribution in [0.25, 0.3) is 16.7 Å². The van der Waals surface area contributed by atoms with E-state index in [0.717, 1.165) is 23.1 Å². The average Bonchev–Trinajstić information content (AvgIpc) is 3.37. The number of aromatic nitrogens is 4. The number of anilines is 1. The number of hydrogen-bond donors (Lipinski definition) is 1. The van der Waals surface area contributed by atoms with Gasteiger partial charge in [0, 0.05) is 31.0 Å². The van der Waals surface area contributed by atoms with Gasteiger partial charge in [0.15, 0.2) is 5.69 Å². The Kier molecular flexibility index (Phi) is 6.11. The molecule has 4 rings (SSSR count). The molecule has 2 heterocycles. The number of imidazole rings is 1. The second-order valence-corrected chi connectivity index (χ2v) is 7.14. The number of amides is 1. The number of benzene rings is 2. The molecule has 0 bridgehead atoms. The van der Waals surface area contributed by atoms with Crippen LogP contribution in [-0.4, -0.2) is 38.5 Å². The molecule has 4 aromatic rings. The highest BCUT2D eigenvalue weighted by atomic mass is 35.5. The third kappa shape index (κ3) is 4.37. The summed E-state index contributed by atoms with van der Waals surface area (Å²) in [6.45, 7) is 4.00. The molecule has 1 amide bonds. The van der Waals surface area contributed by atoms with E-state index in [4.69, 9.17) is 16.3 Å². The molecule has 0 spiro atoms. The van der Waals surface area contributed by atoms with Crippen LogP contribution in [0.3, 0.4) is 0 Å². The first-order valence-corrected chi connectivity index (χ1v) is 10.2. The first-order chi connectivity index (χ1) is 14.7. The lowest BCUT2D eigenvalue weighted by Crippen LogP contribution is -2.17. The highest BCUT2D eigenvalue weighted by Crippen LogP contribution is 2.21. The standard InChI is InChI=1S/C22H22ClN5O2/c1-2-30-14-6-12-27-20-10-4-3-9-18(20)24-22(27)25-21(29)19-11-13-28(26-19)17-8-5-7-16(23)15-17/h3-5,7-11,13,15H,2,6,12,14H2,1H3,(H,24,25,29). The number of halogens is 1. The van der Waals surface area contributed by atoms with Gasteiger partial charge in [-0.3, -0.25) is 10.1 Å². The highest BCUT2D eigenvalue weighted by molar-refractivity contribution is 6.30. The van der Waals surface area contributed by atoms with E-state index in [0.29, 0.717) is 36.4 Å². The highest BCUT2D eigenvalue weighted by Gasteiger charge is 2.16. The number of nitrogens with one attached hydrogen (secondary N) is 1. The van der Waals surface area contributed by atoms with Crippen LogP contribution in [0.15, 0.2) is 60.8 Å². The largest absolute Gasteiger partial charge is 0.382 e. The van der Waals surface area contributed by atoms with E-state index in [-0.39, 0.29) is 5.91 Å². The van der Waals surface area contributed by atoms with Crippen molar-refractivity contribution in [2.24, 2.45) is 0 Å². The van der Waals surface area contributed by atoms with Crippen LogP contribution in [0.2, 0.25) is 5.02 Å². The number of para-hydroxylation sites is 2. The molecule has 0 saturated carbocycles. The maximum Gasteiger partial charge on any atom is 0.278 e. The predicted octanol–water partition coefficient (Wildman–Crippen LogP) is 4.55. The predicted molar refractivity (Wildman–Crippen MR) is 117 cm³/mol. The molecule has 154 valence electrons. The van der Waals surface area contributed by atoms with Crippen molar-refractivity contribution < 1.29 is 9.53 Å². The first-order valence-electron chi connectivity index (χ1n) is 9.81. The van der Waals surface area contributed by atoms with Crippen molar-refractivity contribution in [1.82, 2.24) is 19.3 Å². The number of fused-ring (bicyclic) bond motifs is 1. The Balaban J connectivity index is 1.56. The van der Waals surface area contributed by atoms with Gasteiger partial charge in [-0.1, -0.05) is 29.8 Å². The smallest absolute Gasteiger partial charge is 0.278 e. The summed E-state index contributed by atoms with van der Waals surface area (Å²) in [5, 5.41) is 7.89. The van der Waals surface area contributed by atoms with Crippen LogP contribution in [0, 0.1) is 0 Å². The topological polar surface area (TPSA) is 74.0 Å². The maximum absolute atomic E-state index is 12.8. The van der Waals surface area contributed by atoms with E-state index >= 15 is 0 Å². The SMILES string of the molecule is CCOCCCn1c(NC(=O)c2ccn(-c3cccc(Cl)c3)n2)nc2ccccc21. The van der Waals surface area contributed by atoms with Crippen molar-refractivity contribution in [2.75, 3.05) is 18.5 Å². The van der Waals surface area contributed by atoms with Crippen LogP contribution in [0.1, 0.15) is 23.8 Å². The molecule has 0 aliphatic rings. The van der Waals surface area contributed by atoms with Crippen LogP contribution < -0.4 is 5.32 Å². The minimum Gasteiger partial charge on any atom is -0.382 e. The van der Waals surface area contributed by atoms with Crippen molar-refractivity contribution >= 4 is 34.5 Å². The third-order valence-electron chi connectivity index (χ3n) is 4.65. The zero-order valence-corrected chi connectivity index (χ0v) is 17.3. The summed E-state index contributed by atoms with van der Waals surface area (Å²) in [4.78, 5) is 17.4. The third-order valence-corrected chi connectivity index (χ3v) is 4.88. The van der Waals surface area contributed by atoms with Crippen LogP contribution >= 0.6 is 11.6 Å². The Morgan fingerprint density at radius 1 is 1.17 bits per heavy atom. The summed E-state index contributed by atoms with van der Waals surface area (Å²) in [5.41, 5.74) is 2.87. The Bertz CT molecular complexity index is 1170. The second kappa shape index (κ2) is 9.11. The Morgan fingerprint density at radius 2 is 2.03 bits per heavy atom. The number of nitrogens with zero attached hydrogens (tertiary/aromatic N) is 4. The number of carbonyl (C=O) groups excluding carboxylic acids is 1. The maximum atomic E-state index is 12.8. The number of carbonyl (C=O) groups is 1. The molecule has 0 fully saturated rings. The van der Waals surface area contributed by atoms with E-state index < -0.39 is 0 Å². The van der Waals surface area contributed by atoms with Crippen molar-refractivity contribution in [3.63, 3.8) is 0 Å². The molecular weight excluding hydrogens is 402 g/mol. The molecule has 0 unspecified atom stereocenters. The van der Waals surface area contributed by atoms with Crippen LogP contribution in [0.4, 0.5) is 5.95 Å². The fraction of sp³-hybridized carbons (Fsp3) is 0.227. The van der Waals surface area contributed by atoms with Gasteiger partial charge in [0.1, 0.15) is 0 Å². The average molecular weight is 424 g/mol. The zero-order chi connectivity index (χ0) is 20.9. The zero-order valence-electron chi connectivity index (χ0n) is 16.6. The van der Waals surface area contributed by atoms with Crippen molar-refractivity contribution in [1.29, 1.82) is 0 Å². The number of ether oxygens (including phenoxy) is 1. The number of hydrogen-bond acceptors (Lipinski definition) is 4. The minimum absolute atomic E-state index is 0.294.